The minimum atomic E-state index is -0.306. The second kappa shape index (κ2) is 9.65. The SMILES string of the molecule is Nc1ccccc1NC(=O)c1nc2c(s1)CN(C(=O)Nc1ccc(N3CCOCC3)nc1)CC2. The Kier molecular flexibility index (Phi) is 6.28. The number of nitrogens with zero attached hydrogens (tertiary/aromatic N) is 4. The fraction of sp³-hybridized carbons (Fsp3) is 0.304. The van der Waals surface area contributed by atoms with Gasteiger partial charge in [0.15, 0.2) is 5.01 Å². The second-order valence-electron chi connectivity index (χ2n) is 8.04. The van der Waals surface area contributed by atoms with Crippen molar-refractivity contribution in [2.45, 2.75) is 13.0 Å². The third-order valence-electron chi connectivity index (χ3n) is 5.76. The second-order valence-corrected chi connectivity index (χ2v) is 9.12. The van der Waals surface area contributed by atoms with Gasteiger partial charge in [-0.2, -0.15) is 0 Å². The Hall–Kier alpha value is -3.70. The lowest BCUT2D eigenvalue weighted by Crippen LogP contribution is -2.38. The van der Waals surface area contributed by atoms with Gasteiger partial charge in [-0.15, -0.1) is 11.3 Å². The van der Waals surface area contributed by atoms with Crippen LogP contribution >= 0.6 is 11.3 Å². The van der Waals surface area contributed by atoms with Gasteiger partial charge >= 0.3 is 6.03 Å². The molecule has 1 fully saturated rings. The van der Waals surface area contributed by atoms with Crippen LogP contribution in [-0.2, 0) is 17.7 Å². The maximum atomic E-state index is 12.8. The number of pyridine rings is 1. The van der Waals surface area contributed by atoms with Crippen molar-refractivity contribution in [3.63, 3.8) is 0 Å². The molecule has 4 N–H and O–H groups in total. The molecule has 34 heavy (non-hydrogen) atoms. The summed E-state index contributed by atoms with van der Waals surface area (Å²) in [6.07, 6.45) is 2.26. The van der Waals surface area contributed by atoms with Crippen LogP contribution < -0.4 is 21.3 Å². The Morgan fingerprint density at radius 1 is 1.06 bits per heavy atom. The van der Waals surface area contributed by atoms with Crippen molar-refractivity contribution in [1.29, 1.82) is 0 Å². The summed E-state index contributed by atoms with van der Waals surface area (Å²) in [5, 5.41) is 6.08. The molecular weight excluding hydrogens is 454 g/mol. The van der Waals surface area contributed by atoms with E-state index >= 15 is 0 Å². The molecular formula is C23H25N7O3S. The zero-order chi connectivity index (χ0) is 23.5. The number of thiazole rings is 1. The Labute approximate surface area is 200 Å². The van der Waals surface area contributed by atoms with Crippen LogP contribution in [0.5, 0.6) is 0 Å². The highest BCUT2D eigenvalue weighted by atomic mass is 32.1. The van der Waals surface area contributed by atoms with E-state index in [1.807, 2.05) is 12.1 Å². The maximum Gasteiger partial charge on any atom is 0.322 e. The van der Waals surface area contributed by atoms with Crippen molar-refractivity contribution < 1.29 is 14.3 Å². The van der Waals surface area contributed by atoms with Crippen molar-refractivity contribution in [3.8, 4) is 0 Å². The number of fused-ring (bicyclic) bond motifs is 1. The molecule has 10 nitrogen and oxygen atoms in total. The van der Waals surface area contributed by atoms with Gasteiger partial charge in [0.1, 0.15) is 5.82 Å². The molecule has 2 aliphatic rings. The molecule has 176 valence electrons. The minimum absolute atomic E-state index is 0.206. The number of nitrogens with one attached hydrogen (secondary N) is 2. The van der Waals surface area contributed by atoms with Crippen LogP contribution in [0.3, 0.4) is 0 Å². The average Bonchev–Trinajstić information content (AvgIpc) is 3.30. The number of amides is 3. The van der Waals surface area contributed by atoms with E-state index in [4.69, 9.17) is 10.5 Å². The van der Waals surface area contributed by atoms with Gasteiger partial charge in [-0.1, -0.05) is 12.1 Å². The number of nitrogen functional groups attached to an aromatic ring is 1. The summed E-state index contributed by atoms with van der Waals surface area (Å²) in [5.74, 6) is 0.566. The Bertz CT molecular complexity index is 1190. The smallest absolute Gasteiger partial charge is 0.322 e. The number of rotatable bonds is 4. The minimum Gasteiger partial charge on any atom is -0.397 e. The summed E-state index contributed by atoms with van der Waals surface area (Å²) in [7, 11) is 0. The zero-order valence-corrected chi connectivity index (χ0v) is 19.3. The number of urea groups is 1. The number of hydrogen-bond donors (Lipinski definition) is 3. The van der Waals surface area contributed by atoms with Gasteiger partial charge < -0.3 is 30.9 Å². The lowest BCUT2D eigenvalue weighted by atomic mass is 10.2. The molecule has 2 aromatic heterocycles. The normalized spacial score (nSPS) is 15.5. The van der Waals surface area contributed by atoms with Crippen LogP contribution in [0, 0.1) is 0 Å². The van der Waals surface area contributed by atoms with Gasteiger partial charge in [0.25, 0.3) is 5.91 Å². The van der Waals surface area contributed by atoms with Gasteiger partial charge in [0.2, 0.25) is 0 Å². The van der Waals surface area contributed by atoms with Crippen LogP contribution in [0.2, 0.25) is 0 Å². The molecule has 0 saturated carbocycles. The predicted molar refractivity (Wildman–Crippen MR) is 131 cm³/mol. The quantitative estimate of drug-likeness (QED) is 0.491. The van der Waals surface area contributed by atoms with Crippen molar-refractivity contribution in [2.75, 3.05) is 54.1 Å². The van der Waals surface area contributed by atoms with Gasteiger partial charge in [-0.05, 0) is 24.3 Å². The Morgan fingerprint density at radius 2 is 1.88 bits per heavy atom. The number of carbonyl (C=O) groups excluding carboxylic acids is 2. The standard InChI is InChI=1S/C23H25N7O3S/c24-16-3-1-2-4-17(16)27-21(31)22-28-18-7-8-30(14-19(18)34-22)23(32)26-15-5-6-20(25-13-15)29-9-11-33-12-10-29/h1-6,13H,7-12,14,24H2,(H,26,32)(H,27,31). The van der Waals surface area contributed by atoms with Gasteiger partial charge in [-0.25, -0.2) is 14.8 Å². The van der Waals surface area contributed by atoms with Crippen molar-refractivity contribution in [3.05, 3.63) is 58.2 Å². The van der Waals surface area contributed by atoms with Gasteiger partial charge in [0, 0.05) is 30.9 Å². The number of hydrogen-bond acceptors (Lipinski definition) is 8. The van der Waals surface area contributed by atoms with E-state index in [-0.39, 0.29) is 11.9 Å². The third-order valence-corrected chi connectivity index (χ3v) is 6.84. The van der Waals surface area contributed by atoms with E-state index < -0.39 is 0 Å². The van der Waals surface area contributed by atoms with Crippen LogP contribution in [0.4, 0.5) is 27.7 Å². The molecule has 0 aliphatic carbocycles. The number of anilines is 4. The topological polar surface area (TPSA) is 126 Å². The number of nitrogens with two attached hydrogens (primary N) is 1. The molecule has 0 spiro atoms. The van der Waals surface area contributed by atoms with E-state index in [1.54, 1.807) is 35.4 Å². The van der Waals surface area contributed by atoms with Gasteiger partial charge in [-0.3, -0.25) is 4.79 Å². The highest BCUT2D eigenvalue weighted by molar-refractivity contribution is 7.13. The maximum absolute atomic E-state index is 12.8. The molecule has 0 radical (unpaired) electrons. The number of benzene rings is 1. The predicted octanol–water partition coefficient (Wildman–Crippen LogP) is 2.80. The largest absolute Gasteiger partial charge is 0.397 e. The van der Waals surface area contributed by atoms with Crippen LogP contribution in [0.25, 0.3) is 0 Å². The number of para-hydroxylation sites is 2. The summed E-state index contributed by atoms with van der Waals surface area (Å²) in [4.78, 5) is 39.2. The molecule has 5 rings (SSSR count). The molecule has 2 aliphatic heterocycles. The first-order valence-corrected chi connectivity index (χ1v) is 11.9. The van der Waals surface area contributed by atoms with E-state index in [2.05, 4.69) is 25.5 Å². The number of ether oxygens (including phenoxy) is 1. The molecule has 3 amide bonds. The number of carbonyl (C=O) groups is 2. The van der Waals surface area contributed by atoms with Crippen LogP contribution in [0.15, 0.2) is 42.6 Å². The third kappa shape index (κ3) is 4.80. The first kappa shape index (κ1) is 22.1. The molecule has 4 heterocycles. The molecule has 1 aromatic carbocycles. The van der Waals surface area contributed by atoms with Crippen LogP contribution in [-0.4, -0.2) is 59.7 Å². The summed E-state index contributed by atoms with van der Waals surface area (Å²) in [5.41, 5.74) is 8.45. The summed E-state index contributed by atoms with van der Waals surface area (Å²) in [6.45, 7) is 3.93. The van der Waals surface area contributed by atoms with Crippen molar-refractivity contribution >= 4 is 46.2 Å². The van der Waals surface area contributed by atoms with Gasteiger partial charge in [0.05, 0.1) is 48.7 Å². The van der Waals surface area contributed by atoms with Crippen molar-refractivity contribution in [2.24, 2.45) is 0 Å². The lowest BCUT2D eigenvalue weighted by molar-refractivity contribution is 0.102. The number of aromatic nitrogens is 2. The molecule has 0 unspecified atom stereocenters. The highest BCUT2D eigenvalue weighted by Gasteiger charge is 2.26. The fourth-order valence-corrected chi connectivity index (χ4v) is 4.91. The lowest BCUT2D eigenvalue weighted by Gasteiger charge is -2.28. The monoisotopic (exact) mass is 479 g/mol. The first-order chi connectivity index (χ1) is 16.6. The average molecular weight is 480 g/mol. The van der Waals surface area contributed by atoms with E-state index in [0.717, 1.165) is 29.5 Å². The highest BCUT2D eigenvalue weighted by Crippen LogP contribution is 2.27. The van der Waals surface area contributed by atoms with E-state index in [0.29, 0.717) is 54.8 Å². The molecule has 0 atom stereocenters. The molecule has 11 heteroatoms. The fourth-order valence-electron chi connectivity index (χ4n) is 3.89. The molecule has 1 saturated heterocycles. The summed E-state index contributed by atoms with van der Waals surface area (Å²) < 4.78 is 5.37. The van der Waals surface area contributed by atoms with Crippen LogP contribution in [0.1, 0.15) is 20.4 Å². The first-order valence-electron chi connectivity index (χ1n) is 11.1. The summed E-state index contributed by atoms with van der Waals surface area (Å²) >= 11 is 1.30. The zero-order valence-electron chi connectivity index (χ0n) is 18.5. The van der Waals surface area contributed by atoms with Crippen molar-refractivity contribution in [1.82, 2.24) is 14.9 Å². The Morgan fingerprint density at radius 3 is 2.65 bits per heavy atom. The van der Waals surface area contributed by atoms with E-state index in [9.17, 15) is 9.59 Å². The number of morpholine rings is 1. The molecule has 0 bridgehead atoms. The molecule has 3 aromatic rings. The Balaban J connectivity index is 1.20. The van der Waals surface area contributed by atoms with E-state index in [1.165, 1.54) is 11.3 Å². The summed E-state index contributed by atoms with van der Waals surface area (Å²) in [6, 6.07) is 10.6.